The summed E-state index contributed by atoms with van der Waals surface area (Å²) in [5, 5.41) is 14.4. The summed E-state index contributed by atoms with van der Waals surface area (Å²) in [5.41, 5.74) is 1.19. The first-order valence-electron chi connectivity index (χ1n) is 9.74. The molecule has 4 rings (SSSR count). The summed E-state index contributed by atoms with van der Waals surface area (Å²) in [7, 11) is -4.72. The molecule has 0 atom stereocenters. The maximum Gasteiger partial charge on any atom is 0.471 e. The highest BCUT2D eigenvalue weighted by Gasteiger charge is 2.19. The third-order valence-electron chi connectivity index (χ3n) is 4.79. The van der Waals surface area contributed by atoms with E-state index < -0.39 is 20.1 Å². The second kappa shape index (κ2) is 9.38. The molecule has 34 heavy (non-hydrogen) atoms. The van der Waals surface area contributed by atoms with E-state index in [-0.39, 0.29) is 18.0 Å². The Morgan fingerprint density at radius 2 is 2.06 bits per heavy atom. The van der Waals surface area contributed by atoms with Gasteiger partial charge in [-0.25, -0.2) is 14.2 Å². The second-order valence-electron chi connectivity index (χ2n) is 7.22. The quantitative estimate of drug-likeness (QED) is 0.363. The van der Waals surface area contributed by atoms with E-state index >= 15 is 0 Å². The van der Waals surface area contributed by atoms with Crippen molar-refractivity contribution in [3.05, 3.63) is 81.0 Å². The zero-order valence-corrected chi connectivity index (χ0v) is 19.3. The van der Waals surface area contributed by atoms with E-state index in [1.807, 2.05) is 6.07 Å². The normalized spacial score (nSPS) is 11.5. The standard InChI is InChI=1S/C21H17ClN5O6P/c1-13-4-6-26(21(28)19(13)33-16-8-14(10-23)7-15(22)9-16)11-18-17-3-2-5-24-20(17)27(25-18)12-32-34(29,30)31/h2-9H,11-12H2,1H3,(H2,29,30,31). The van der Waals surface area contributed by atoms with Crippen molar-refractivity contribution in [1.29, 1.82) is 5.26 Å². The highest BCUT2D eigenvalue weighted by atomic mass is 35.5. The van der Waals surface area contributed by atoms with Crippen molar-refractivity contribution in [2.24, 2.45) is 0 Å². The summed E-state index contributed by atoms with van der Waals surface area (Å²) in [5.74, 6) is 0.302. The van der Waals surface area contributed by atoms with Crippen LogP contribution >= 0.6 is 19.4 Å². The molecule has 0 aliphatic carbocycles. The number of hydrogen-bond donors (Lipinski definition) is 2. The summed E-state index contributed by atoms with van der Waals surface area (Å²) in [4.78, 5) is 35.4. The number of aryl methyl sites for hydroxylation is 1. The SMILES string of the molecule is Cc1ccn(Cc2nn(COP(=O)(O)O)c3ncccc23)c(=O)c1Oc1cc(Cl)cc(C#N)c1. The molecule has 0 spiro atoms. The van der Waals surface area contributed by atoms with Crippen molar-refractivity contribution in [1.82, 2.24) is 19.3 Å². The van der Waals surface area contributed by atoms with Gasteiger partial charge in [0.05, 0.1) is 23.9 Å². The predicted octanol–water partition coefficient (Wildman–Crippen LogP) is 3.33. The maximum absolute atomic E-state index is 13.2. The number of phosphoric acid groups is 1. The molecule has 0 radical (unpaired) electrons. The molecule has 0 saturated heterocycles. The number of nitrogens with zero attached hydrogens (tertiary/aromatic N) is 5. The second-order valence-corrected chi connectivity index (χ2v) is 8.90. The summed E-state index contributed by atoms with van der Waals surface area (Å²) < 4.78 is 24.0. The minimum atomic E-state index is -4.72. The Morgan fingerprint density at radius 1 is 1.26 bits per heavy atom. The third kappa shape index (κ3) is 5.17. The first-order chi connectivity index (χ1) is 16.1. The lowest BCUT2D eigenvalue weighted by molar-refractivity contribution is 0.147. The van der Waals surface area contributed by atoms with E-state index in [9.17, 15) is 9.36 Å². The molecule has 1 aromatic carbocycles. The van der Waals surface area contributed by atoms with Crippen LogP contribution in [0.3, 0.4) is 0 Å². The number of nitriles is 1. The Labute approximate surface area is 197 Å². The Hall–Kier alpha value is -3.52. The summed E-state index contributed by atoms with van der Waals surface area (Å²) >= 11 is 6.03. The van der Waals surface area contributed by atoms with Gasteiger partial charge in [-0.2, -0.15) is 10.4 Å². The van der Waals surface area contributed by atoms with Crippen LogP contribution in [0.25, 0.3) is 11.0 Å². The van der Waals surface area contributed by atoms with Crippen LogP contribution in [0.5, 0.6) is 11.5 Å². The van der Waals surface area contributed by atoms with E-state index in [1.54, 1.807) is 31.3 Å². The minimum absolute atomic E-state index is 0.0273. The minimum Gasteiger partial charge on any atom is -0.451 e. The van der Waals surface area contributed by atoms with Crippen molar-refractivity contribution >= 4 is 30.5 Å². The van der Waals surface area contributed by atoms with Crippen LogP contribution in [-0.2, 0) is 22.4 Å². The number of halogens is 1. The molecule has 0 aliphatic heterocycles. The van der Waals surface area contributed by atoms with E-state index in [1.165, 1.54) is 33.6 Å². The number of pyridine rings is 2. The lowest BCUT2D eigenvalue weighted by Gasteiger charge is -2.12. The van der Waals surface area contributed by atoms with Crippen LogP contribution in [0.2, 0.25) is 5.02 Å². The zero-order chi connectivity index (χ0) is 24.5. The fourth-order valence-corrected chi connectivity index (χ4v) is 3.75. The third-order valence-corrected chi connectivity index (χ3v) is 5.46. The average Bonchev–Trinajstić information content (AvgIpc) is 3.14. The summed E-state index contributed by atoms with van der Waals surface area (Å²) in [6.45, 7) is 1.22. The molecule has 0 bridgehead atoms. The summed E-state index contributed by atoms with van der Waals surface area (Å²) in [6.07, 6.45) is 3.09. The van der Waals surface area contributed by atoms with Crippen molar-refractivity contribution in [2.45, 2.75) is 20.2 Å². The van der Waals surface area contributed by atoms with Crippen molar-refractivity contribution < 1.29 is 23.6 Å². The van der Waals surface area contributed by atoms with Gasteiger partial charge in [0, 0.05) is 22.8 Å². The molecule has 13 heteroatoms. The molecule has 0 unspecified atom stereocenters. The Morgan fingerprint density at radius 3 is 2.79 bits per heavy atom. The van der Waals surface area contributed by atoms with E-state index in [2.05, 4.69) is 14.6 Å². The lowest BCUT2D eigenvalue weighted by atomic mass is 10.2. The monoisotopic (exact) mass is 501 g/mol. The van der Waals surface area contributed by atoms with Gasteiger partial charge in [0.2, 0.25) is 0 Å². The van der Waals surface area contributed by atoms with Crippen molar-refractivity contribution in [2.75, 3.05) is 0 Å². The van der Waals surface area contributed by atoms with Gasteiger partial charge in [0.1, 0.15) is 5.75 Å². The number of phosphoric ester groups is 1. The number of ether oxygens (including phenoxy) is 1. The van der Waals surface area contributed by atoms with Crippen LogP contribution in [-0.4, -0.2) is 29.1 Å². The van der Waals surface area contributed by atoms with Gasteiger partial charge in [-0.15, -0.1) is 0 Å². The molecule has 2 N–H and O–H groups in total. The number of fused-ring (bicyclic) bond motifs is 1. The van der Waals surface area contributed by atoms with Gasteiger partial charge < -0.3 is 19.1 Å². The lowest BCUT2D eigenvalue weighted by Crippen LogP contribution is -2.22. The molecule has 0 saturated carbocycles. The Balaban J connectivity index is 1.70. The van der Waals surface area contributed by atoms with Crippen LogP contribution in [0.1, 0.15) is 16.8 Å². The van der Waals surface area contributed by atoms with Crippen molar-refractivity contribution in [3.8, 4) is 17.6 Å². The predicted molar refractivity (Wildman–Crippen MR) is 121 cm³/mol. The smallest absolute Gasteiger partial charge is 0.451 e. The van der Waals surface area contributed by atoms with Crippen LogP contribution < -0.4 is 10.3 Å². The van der Waals surface area contributed by atoms with Gasteiger partial charge in [0.25, 0.3) is 5.56 Å². The first-order valence-corrected chi connectivity index (χ1v) is 11.6. The molecule has 0 aliphatic rings. The Kier molecular flexibility index (Phi) is 6.52. The van der Waals surface area contributed by atoms with Crippen LogP contribution in [0, 0.1) is 18.3 Å². The van der Waals surface area contributed by atoms with Gasteiger partial charge in [-0.05, 0) is 48.9 Å². The molecule has 4 aromatic rings. The van der Waals surface area contributed by atoms with Gasteiger partial charge in [0.15, 0.2) is 18.1 Å². The summed E-state index contributed by atoms with van der Waals surface area (Å²) in [6, 6.07) is 11.5. The number of benzene rings is 1. The highest BCUT2D eigenvalue weighted by molar-refractivity contribution is 7.46. The highest BCUT2D eigenvalue weighted by Crippen LogP contribution is 2.36. The molecule has 3 aromatic heterocycles. The Bertz CT molecular complexity index is 1540. The first kappa shape index (κ1) is 23.6. The molecular weight excluding hydrogens is 485 g/mol. The number of aromatic nitrogens is 4. The molecule has 0 amide bonds. The number of rotatable bonds is 7. The fraction of sp³-hybridized carbons (Fsp3) is 0.143. The molecule has 0 fully saturated rings. The fourth-order valence-electron chi connectivity index (χ4n) is 3.27. The average molecular weight is 502 g/mol. The van der Waals surface area contributed by atoms with Crippen LogP contribution in [0.15, 0.2) is 53.6 Å². The van der Waals surface area contributed by atoms with E-state index in [0.29, 0.717) is 32.9 Å². The maximum atomic E-state index is 13.2. The van der Waals surface area contributed by atoms with Gasteiger partial charge in [-0.3, -0.25) is 9.32 Å². The molecular formula is C21H17ClN5O6P. The largest absolute Gasteiger partial charge is 0.471 e. The van der Waals surface area contributed by atoms with E-state index in [0.717, 1.165) is 0 Å². The molecule has 11 nitrogen and oxygen atoms in total. The topological polar surface area (TPSA) is 152 Å². The molecule has 3 heterocycles. The van der Waals surface area contributed by atoms with Gasteiger partial charge >= 0.3 is 7.82 Å². The number of hydrogen-bond acceptors (Lipinski definition) is 7. The zero-order valence-electron chi connectivity index (χ0n) is 17.6. The van der Waals surface area contributed by atoms with Crippen molar-refractivity contribution in [3.63, 3.8) is 0 Å². The van der Waals surface area contributed by atoms with E-state index in [4.69, 9.17) is 31.4 Å². The van der Waals surface area contributed by atoms with Crippen LogP contribution in [0.4, 0.5) is 0 Å². The molecule has 174 valence electrons. The van der Waals surface area contributed by atoms with Gasteiger partial charge in [-0.1, -0.05) is 11.6 Å².